The summed E-state index contributed by atoms with van der Waals surface area (Å²) in [7, 11) is 0. The molecule has 0 saturated heterocycles. The number of rotatable bonds is 5. The predicted molar refractivity (Wildman–Crippen MR) is 90.4 cm³/mol. The van der Waals surface area contributed by atoms with Gasteiger partial charge in [-0.15, -0.1) is 0 Å². The van der Waals surface area contributed by atoms with E-state index in [0.717, 1.165) is 23.6 Å². The van der Waals surface area contributed by atoms with Gasteiger partial charge in [-0.05, 0) is 20.8 Å². The Labute approximate surface area is 135 Å². The van der Waals surface area contributed by atoms with Crippen LogP contribution in [0.2, 0.25) is 0 Å². The van der Waals surface area contributed by atoms with Crippen LogP contribution in [0, 0.1) is 0 Å². The number of nitrogens with zero attached hydrogens (tertiary/aromatic N) is 5. The molecule has 0 aliphatic carbocycles. The largest absolute Gasteiger partial charge is 0.389 e. The Kier molecular flexibility index (Phi) is 4.00. The van der Waals surface area contributed by atoms with Crippen molar-refractivity contribution in [2.45, 2.75) is 26.4 Å². The van der Waals surface area contributed by atoms with Crippen LogP contribution < -0.4 is 4.90 Å². The molecule has 0 radical (unpaired) electrons. The van der Waals surface area contributed by atoms with Gasteiger partial charge in [0.05, 0.1) is 11.3 Å². The number of fused-ring (bicyclic) bond motifs is 1. The van der Waals surface area contributed by atoms with Crippen molar-refractivity contribution in [3.05, 3.63) is 42.7 Å². The molecule has 3 aromatic rings. The molecule has 2 aromatic heterocycles. The third-order valence-electron chi connectivity index (χ3n) is 3.59. The lowest BCUT2D eigenvalue weighted by Crippen LogP contribution is -2.39. The molecule has 1 N–H and O–H groups in total. The van der Waals surface area contributed by atoms with Gasteiger partial charge in [-0.1, -0.05) is 30.3 Å². The van der Waals surface area contributed by atoms with Crippen LogP contribution in [0.1, 0.15) is 20.8 Å². The van der Waals surface area contributed by atoms with Crippen molar-refractivity contribution in [3.63, 3.8) is 0 Å². The maximum atomic E-state index is 10.2. The minimum Gasteiger partial charge on any atom is -0.389 e. The van der Waals surface area contributed by atoms with E-state index in [1.165, 1.54) is 6.33 Å². The first-order chi connectivity index (χ1) is 11.0. The Bertz CT molecular complexity index is 792. The molecule has 23 heavy (non-hydrogen) atoms. The van der Waals surface area contributed by atoms with Crippen LogP contribution in [0.4, 0.5) is 5.82 Å². The van der Waals surface area contributed by atoms with Crippen molar-refractivity contribution in [2.24, 2.45) is 0 Å². The summed E-state index contributed by atoms with van der Waals surface area (Å²) in [5.41, 5.74) is 1.06. The number of hydrogen-bond acceptors (Lipinski definition) is 5. The van der Waals surface area contributed by atoms with Crippen LogP contribution in [-0.2, 0) is 0 Å². The Hall–Kier alpha value is -2.47. The monoisotopic (exact) mass is 311 g/mol. The summed E-state index contributed by atoms with van der Waals surface area (Å²) < 4.78 is 1.71. The SMILES string of the molecule is CCN(CC(C)(C)O)c1cc(-c2ccccc2)nc2ncnn12. The average molecular weight is 311 g/mol. The van der Waals surface area contributed by atoms with Crippen molar-refractivity contribution < 1.29 is 5.11 Å². The quantitative estimate of drug-likeness (QED) is 0.783. The standard InChI is InChI=1S/C17H21N5O/c1-4-21(11-17(2,3)23)15-10-14(13-8-6-5-7-9-13)20-16-18-12-19-22(15)16/h5-10,12,23H,4,11H2,1-3H3. The lowest BCUT2D eigenvalue weighted by Gasteiger charge is -2.30. The first-order valence-corrected chi connectivity index (χ1v) is 7.71. The van der Waals surface area contributed by atoms with E-state index < -0.39 is 5.60 Å². The second-order valence-corrected chi connectivity index (χ2v) is 6.16. The third kappa shape index (κ3) is 3.32. The highest BCUT2D eigenvalue weighted by atomic mass is 16.3. The zero-order valence-corrected chi connectivity index (χ0v) is 13.6. The zero-order valence-electron chi connectivity index (χ0n) is 13.6. The van der Waals surface area contributed by atoms with E-state index in [-0.39, 0.29) is 0 Å². The van der Waals surface area contributed by atoms with E-state index in [4.69, 9.17) is 0 Å². The first kappa shape index (κ1) is 15.4. The van der Waals surface area contributed by atoms with Crippen LogP contribution >= 0.6 is 0 Å². The molecule has 2 heterocycles. The molecule has 0 aliphatic heterocycles. The zero-order chi connectivity index (χ0) is 16.4. The fourth-order valence-corrected chi connectivity index (χ4v) is 2.60. The minimum absolute atomic E-state index is 0.497. The molecule has 0 amide bonds. The van der Waals surface area contributed by atoms with Crippen LogP contribution in [0.15, 0.2) is 42.7 Å². The Morgan fingerprint density at radius 3 is 2.61 bits per heavy atom. The molecule has 1 aromatic carbocycles. The van der Waals surface area contributed by atoms with Crippen molar-refractivity contribution in [1.29, 1.82) is 0 Å². The highest BCUT2D eigenvalue weighted by molar-refractivity contribution is 5.65. The summed E-state index contributed by atoms with van der Waals surface area (Å²) in [5, 5.41) is 14.5. The number of aliphatic hydroxyl groups is 1. The summed E-state index contributed by atoms with van der Waals surface area (Å²) in [6.07, 6.45) is 1.50. The van der Waals surface area contributed by atoms with Gasteiger partial charge in [-0.25, -0.2) is 4.98 Å². The van der Waals surface area contributed by atoms with Gasteiger partial charge in [0.2, 0.25) is 0 Å². The molecule has 0 aliphatic rings. The van der Waals surface area contributed by atoms with E-state index >= 15 is 0 Å². The van der Waals surface area contributed by atoms with Crippen LogP contribution in [-0.4, -0.2) is 43.4 Å². The van der Waals surface area contributed by atoms with E-state index in [1.807, 2.05) is 36.4 Å². The number of aromatic nitrogens is 4. The smallest absolute Gasteiger partial charge is 0.254 e. The van der Waals surface area contributed by atoms with Gasteiger partial charge in [-0.3, -0.25) is 0 Å². The van der Waals surface area contributed by atoms with Gasteiger partial charge in [0, 0.05) is 24.7 Å². The second kappa shape index (κ2) is 5.96. The summed E-state index contributed by atoms with van der Waals surface area (Å²) >= 11 is 0. The van der Waals surface area contributed by atoms with Crippen molar-refractivity contribution in [1.82, 2.24) is 19.6 Å². The number of anilines is 1. The van der Waals surface area contributed by atoms with Gasteiger partial charge >= 0.3 is 0 Å². The Balaban J connectivity index is 2.13. The molecule has 120 valence electrons. The van der Waals surface area contributed by atoms with Crippen LogP contribution in [0.5, 0.6) is 0 Å². The predicted octanol–water partition coefficient (Wildman–Crippen LogP) is 2.39. The van der Waals surface area contributed by atoms with E-state index in [2.05, 4.69) is 26.9 Å². The highest BCUT2D eigenvalue weighted by Crippen LogP contribution is 2.24. The van der Waals surface area contributed by atoms with Crippen LogP contribution in [0.3, 0.4) is 0 Å². The molecule has 0 bridgehead atoms. The van der Waals surface area contributed by atoms with Gasteiger partial charge in [0.15, 0.2) is 0 Å². The molecule has 0 spiro atoms. The Morgan fingerprint density at radius 2 is 1.96 bits per heavy atom. The molecular formula is C17H21N5O. The molecular weight excluding hydrogens is 290 g/mol. The molecule has 6 nitrogen and oxygen atoms in total. The highest BCUT2D eigenvalue weighted by Gasteiger charge is 2.21. The van der Waals surface area contributed by atoms with Gasteiger partial charge in [-0.2, -0.15) is 14.6 Å². The van der Waals surface area contributed by atoms with Gasteiger partial charge < -0.3 is 10.0 Å². The lowest BCUT2D eigenvalue weighted by molar-refractivity contribution is 0.0873. The molecule has 0 fully saturated rings. The van der Waals surface area contributed by atoms with Crippen LogP contribution in [0.25, 0.3) is 17.0 Å². The molecule has 6 heteroatoms. The fourth-order valence-electron chi connectivity index (χ4n) is 2.60. The summed E-state index contributed by atoms with van der Waals surface area (Å²) in [6, 6.07) is 12.0. The van der Waals surface area contributed by atoms with Gasteiger partial charge in [0.25, 0.3) is 5.78 Å². The summed E-state index contributed by atoms with van der Waals surface area (Å²) in [4.78, 5) is 10.9. The molecule has 0 unspecified atom stereocenters. The summed E-state index contributed by atoms with van der Waals surface area (Å²) in [5.74, 6) is 1.42. The van der Waals surface area contributed by atoms with E-state index in [9.17, 15) is 5.11 Å². The lowest BCUT2D eigenvalue weighted by atomic mass is 10.1. The average Bonchev–Trinajstić information content (AvgIpc) is 3.00. The number of hydrogen-bond donors (Lipinski definition) is 1. The molecule has 0 atom stereocenters. The van der Waals surface area contributed by atoms with E-state index in [1.54, 1.807) is 18.4 Å². The normalized spacial score (nSPS) is 11.8. The second-order valence-electron chi connectivity index (χ2n) is 6.16. The third-order valence-corrected chi connectivity index (χ3v) is 3.59. The fraction of sp³-hybridized carbons (Fsp3) is 0.353. The van der Waals surface area contributed by atoms with Gasteiger partial charge in [0.1, 0.15) is 12.1 Å². The van der Waals surface area contributed by atoms with E-state index in [0.29, 0.717) is 12.3 Å². The number of benzene rings is 1. The minimum atomic E-state index is -0.806. The van der Waals surface area contributed by atoms with Crippen molar-refractivity contribution >= 4 is 11.6 Å². The summed E-state index contributed by atoms with van der Waals surface area (Å²) in [6.45, 7) is 6.89. The first-order valence-electron chi connectivity index (χ1n) is 7.71. The molecule has 0 saturated carbocycles. The van der Waals surface area contributed by atoms with Crippen molar-refractivity contribution in [3.8, 4) is 11.3 Å². The maximum absolute atomic E-state index is 10.2. The molecule has 3 rings (SSSR count). The van der Waals surface area contributed by atoms with Crippen molar-refractivity contribution in [2.75, 3.05) is 18.0 Å². The number of likely N-dealkylation sites (N-methyl/N-ethyl adjacent to an activating group) is 1. The Morgan fingerprint density at radius 1 is 1.22 bits per heavy atom. The maximum Gasteiger partial charge on any atom is 0.254 e. The topological polar surface area (TPSA) is 66.5 Å².